The van der Waals surface area contributed by atoms with Crippen molar-refractivity contribution < 1.29 is 0 Å². The molecule has 2 heteroatoms. The molecule has 1 unspecified atom stereocenters. The summed E-state index contributed by atoms with van der Waals surface area (Å²) < 4.78 is 0. The molecule has 0 heterocycles. The fourth-order valence-corrected chi connectivity index (χ4v) is 3.88. The molecule has 2 aliphatic carbocycles. The van der Waals surface area contributed by atoms with Gasteiger partial charge < -0.3 is 0 Å². The van der Waals surface area contributed by atoms with Crippen molar-refractivity contribution in [3.05, 3.63) is 35.4 Å². The monoisotopic (exact) mass is 244 g/mol. The van der Waals surface area contributed by atoms with E-state index in [1.165, 1.54) is 56.1 Å². The maximum absolute atomic E-state index is 5.82. The first-order valence-corrected chi connectivity index (χ1v) is 7.39. The zero-order chi connectivity index (χ0) is 12.4. The Morgan fingerprint density at radius 3 is 2.28 bits per heavy atom. The standard InChI is InChI=1S/C16H24N2/c17-18-16(9-12-5-1-2-6-12)15-10-13-7-3-4-8-14(13)11-15/h3-4,7-8,12,15-16,18H,1-2,5-6,9-11,17H2. The molecule has 3 N–H and O–H groups in total. The number of rotatable bonds is 4. The number of hydrogen-bond donors (Lipinski definition) is 2. The van der Waals surface area contributed by atoms with Crippen molar-refractivity contribution in [1.82, 2.24) is 5.43 Å². The molecule has 3 rings (SSSR count). The van der Waals surface area contributed by atoms with E-state index in [-0.39, 0.29) is 0 Å². The first kappa shape index (κ1) is 12.2. The summed E-state index contributed by atoms with van der Waals surface area (Å²) in [6, 6.07) is 9.36. The Hall–Kier alpha value is -0.860. The van der Waals surface area contributed by atoms with Gasteiger partial charge in [0.15, 0.2) is 0 Å². The van der Waals surface area contributed by atoms with E-state index in [9.17, 15) is 0 Å². The van der Waals surface area contributed by atoms with Gasteiger partial charge in [0.1, 0.15) is 0 Å². The van der Waals surface area contributed by atoms with Crippen molar-refractivity contribution in [1.29, 1.82) is 0 Å². The van der Waals surface area contributed by atoms with Crippen molar-refractivity contribution in [2.75, 3.05) is 0 Å². The predicted octanol–water partition coefficient (Wildman–Crippen LogP) is 2.81. The lowest BCUT2D eigenvalue weighted by atomic mass is 9.88. The highest BCUT2D eigenvalue weighted by Gasteiger charge is 2.30. The van der Waals surface area contributed by atoms with E-state index >= 15 is 0 Å². The van der Waals surface area contributed by atoms with E-state index in [4.69, 9.17) is 5.84 Å². The van der Waals surface area contributed by atoms with Gasteiger partial charge in [0.25, 0.3) is 0 Å². The molecule has 0 saturated heterocycles. The van der Waals surface area contributed by atoms with E-state index in [0.717, 1.165) is 5.92 Å². The number of nitrogens with one attached hydrogen (secondary N) is 1. The van der Waals surface area contributed by atoms with Gasteiger partial charge in [-0.15, -0.1) is 0 Å². The predicted molar refractivity (Wildman–Crippen MR) is 75.0 cm³/mol. The van der Waals surface area contributed by atoms with E-state index in [2.05, 4.69) is 29.7 Å². The molecule has 0 spiro atoms. The van der Waals surface area contributed by atoms with Crippen LogP contribution in [0.15, 0.2) is 24.3 Å². The Morgan fingerprint density at radius 2 is 1.72 bits per heavy atom. The third-order valence-corrected chi connectivity index (χ3v) is 4.93. The van der Waals surface area contributed by atoms with Gasteiger partial charge in [0.05, 0.1) is 0 Å². The third-order valence-electron chi connectivity index (χ3n) is 4.93. The third kappa shape index (κ3) is 2.45. The van der Waals surface area contributed by atoms with Crippen LogP contribution in [0.1, 0.15) is 43.2 Å². The SMILES string of the molecule is NNC(CC1CCCC1)C1Cc2ccccc2C1. The van der Waals surface area contributed by atoms with E-state index in [1.807, 2.05) is 0 Å². The number of benzene rings is 1. The highest BCUT2D eigenvalue weighted by molar-refractivity contribution is 5.32. The lowest BCUT2D eigenvalue weighted by Gasteiger charge is -2.25. The Morgan fingerprint density at radius 1 is 1.11 bits per heavy atom. The zero-order valence-electron chi connectivity index (χ0n) is 11.1. The molecule has 18 heavy (non-hydrogen) atoms. The summed E-state index contributed by atoms with van der Waals surface area (Å²) in [5, 5.41) is 0. The molecule has 0 aliphatic heterocycles. The number of hydrogen-bond acceptors (Lipinski definition) is 2. The summed E-state index contributed by atoms with van der Waals surface area (Å²) in [4.78, 5) is 0. The zero-order valence-corrected chi connectivity index (χ0v) is 11.1. The molecule has 0 radical (unpaired) electrons. The molecular formula is C16H24N2. The number of fused-ring (bicyclic) bond motifs is 1. The van der Waals surface area contributed by atoms with Crippen LogP contribution in [0.2, 0.25) is 0 Å². The number of hydrazine groups is 1. The minimum atomic E-state index is 0.500. The van der Waals surface area contributed by atoms with Crippen LogP contribution >= 0.6 is 0 Å². The molecule has 0 aromatic heterocycles. The summed E-state index contributed by atoms with van der Waals surface area (Å²) in [6.45, 7) is 0. The van der Waals surface area contributed by atoms with Crippen LogP contribution in [0.25, 0.3) is 0 Å². The molecule has 1 aromatic carbocycles. The summed E-state index contributed by atoms with van der Waals surface area (Å²) >= 11 is 0. The largest absolute Gasteiger partial charge is 0.271 e. The quantitative estimate of drug-likeness (QED) is 0.631. The van der Waals surface area contributed by atoms with Crippen LogP contribution in [0.4, 0.5) is 0 Å². The highest BCUT2D eigenvalue weighted by atomic mass is 15.2. The molecule has 2 aliphatic rings. The van der Waals surface area contributed by atoms with Crippen LogP contribution in [0, 0.1) is 11.8 Å². The van der Waals surface area contributed by atoms with Crippen molar-refractivity contribution in [3.63, 3.8) is 0 Å². The maximum Gasteiger partial charge on any atom is 0.0247 e. The molecule has 1 saturated carbocycles. The second-order valence-electron chi connectivity index (χ2n) is 6.10. The Balaban J connectivity index is 1.63. The van der Waals surface area contributed by atoms with Crippen molar-refractivity contribution >= 4 is 0 Å². The van der Waals surface area contributed by atoms with Crippen LogP contribution in [0.3, 0.4) is 0 Å². The van der Waals surface area contributed by atoms with Gasteiger partial charge >= 0.3 is 0 Å². The molecule has 98 valence electrons. The maximum atomic E-state index is 5.82. The first-order valence-electron chi connectivity index (χ1n) is 7.39. The average molecular weight is 244 g/mol. The number of nitrogens with two attached hydrogens (primary N) is 1. The van der Waals surface area contributed by atoms with Crippen molar-refractivity contribution in [2.45, 2.75) is 51.0 Å². The van der Waals surface area contributed by atoms with Gasteiger partial charge in [-0.3, -0.25) is 11.3 Å². The van der Waals surface area contributed by atoms with Crippen molar-refractivity contribution in [3.8, 4) is 0 Å². The molecule has 2 nitrogen and oxygen atoms in total. The van der Waals surface area contributed by atoms with Crippen LogP contribution < -0.4 is 11.3 Å². The lowest BCUT2D eigenvalue weighted by molar-refractivity contribution is 0.301. The fourth-order valence-electron chi connectivity index (χ4n) is 3.88. The van der Waals surface area contributed by atoms with Crippen molar-refractivity contribution in [2.24, 2.45) is 17.7 Å². The van der Waals surface area contributed by atoms with Gasteiger partial charge in [0.2, 0.25) is 0 Å². The highest BCUT2D eigenvalue weighted by Crippen LogP contribution is 2.34. The molecule has 0 amide bonds. The Labute approximate surface area is 110 Å². The molecule has 1 aromatic rings. The van der Waals surface area contributed by atoms with Gasteiger partial charge in [-0.1, -0.05) is 49.9 Å². The molecule has 0 bridgehead atoms. The minimum absolute atomic E-state index is 0.500. The summed E-state index contributed by atoms with van der Waals surface area (Å²) in [5.41, 5.74) is 6.18. The van der Waals surface area contributed by atoms with Crippen LogP contribution in [0.5, 0.6) is 0 Å². The fraction of sp³-hybridized carbons (Fsp3) is 0.625. The Kier molecular flexibility index (Phi) is 3.67. The lowest BCUT2D eigenvalue weighted by Crippen LogP contribution is -2.42. The second kappa shape index (κ2) is 5.41. The minimum Gasteiger partial charge on any atom is -0.271 e. The smallest absolute Gasteiger partial charge is 0.0247 e. The molecule has 1 fully saturated rings. The van der Waals surface area contributed by atoms with Gasteiger partial charge in [0, 0.05) is 6.04 Å². The van der Waals surface area contributed by atoms with Crippen LogP contribution in [-0.4, -0.2) is 6.04 Å². The van der Waals surface area contributed by atoms with E-state index in [1.54, 1.807) is 0 Å². The van der Waals surface area contributed by atoms with E-state index in [0.29, 0.717) is 12.0 Å². The topological polar surface area (TPSA) is 38.0 Å². The van der Waals surface area contributed by atoms with E-state index < -0.39 is 0 Å². The van der Waals surface area contributed by atoms with Gasteiger partial charge in [-0.25, -0.2) is 0 Å². The summed E-state index contributed by atoms with van der Waals surface area (Å²) in [6.07, 6.45) is 9.36. The average Bonchev–Trinajstić information content (AvgIpc) is 3.04. The normalized spacial score (nSPS) is 22.3. The van der Waals surface area contributed by atoms with Gasteiger partial charge in [-0.05, 0) is 42.2 Å². The van der Waals surface area contributed by atoms with Crippen LogP contribution in [-0.2, 0) is 12.8 Å². The summed E-state index contributed by atoms with van der Waals surface area (Å²) in [5.74, 6) is 7.43. The van der Waals surface area contributed by atoms with Gasteiger partial charge in [-0.2, -0.15) is 0 Å². The second-order valence-corrected chi connectivity index (χ2v) is 6.10. The summed E-state index contributed by atoms with van der Waals surface area (Å²) in [7, 11) is 0. The first-order chi connectivity index (χ1) is 8.86. The molecule has 1 atom stereocenters. The Bertz CT molecular complexity index is 371. The molecular weight excluding hydrogens is 220 g/mol.